The summed E-state index contributed by atoms with van der Waals surface area (Å²) in [5, 5.41) is 3.15. The molecule has 160 valence electrons. The largest absolute Gasteiger partial charge is 0.381 e. The van der Waals surface area contributed by atoms with Gasteiger partial charge in [-0.15, -0.1) is 0 Å². The Labute approximate surface area is 171 Å². The molecule has 3 heterocycles. The van der Waals surface area contributed by atoms with Crippen LogP contribution in [0.3, 0.4) is 0 Å². The smallest absolute Gasteiger partial charge is 0.317 e. The predicted octanol–water partition coefficient (Wildman–Crippen LogP) is 1.39. The molecule has 0 aromatic heterocycles. The lowest BCUT2D eigenvalue weighted by atomic mass is 9.97. The zero-order valence-electron chi connectivity index (χ0n) is 16.9. The summed E-state index contributed by atoms with van der Waals surface area (Å²) in [6.07, 6.45) is 1.04. The highest BCUT2D eigenvalue weighted by atomic mass is 19.1. The number of piperazine rings is 1. The highest BCUT2D eigenvalue weighted by Crippen LogP contribution is 2.22. The van der Waals surface area contributed by atoms with Gasteiger partial charge in [0.05, 0.1) is 25.5 Å². The number of carbonyl (C=O) groups is 1. The summed E-state index contributed by atoms with van der Waals surface area (Å²) in [5.74, 6) is 0.240. The monoisotopic (exact) mass is 406 g/mol. The molecule has 3 aliphatic heterocycles. The summed E-state index contributed by atoms with van der Waals surface area (Å²) in [4.78, 5) is 19.0. The average Bonchev–Trinajstić information content (AvgIpc) is 3.30. The van der Waals surface area contributed by atoms with Crippen molar-refractivity contribution in [3.63, 3.8) is 0 Å². The Morgan fingerprint density at radius 3 is 2.52 bits per heavy atom. The number of benzene rings is 1. The molecule has 2 amide bonds. The maximum absolute atomic E-state index is 14.0. The Kier molecular flexibility index (Phi) is 6.84. The first-order valence-corrected chi connectivity index (χ1v) is 10.6. The Hall–Kier alpha value is -1.90. The third kappa shape index (κ3) is 4.99. The van der Waals surface area contributed by atoms with E-state index in [0.29, 0.717) is 44.3 Å². The lowest BCUT2D eigenvalue weighted by Crippen LogP contribution is -2.56. The Bertz CT molecular complexity index is 672. The molecule has 2 unspecified atom stereocenters. The van der Waals surface area contributed by atoms with E-state index < -0.39 is 0 Å². The van der Waals surface area contributed by atoms with Crippen LogP contribution in [-0.2, 0) is 9.47 Å². The first kappa shape index (κ1) is 20.4. The molecule has 1 aromatic rings. The van der Waals surface area contributed by atoms with E-state index in [1.165, 1.54) is 6.07 Å². The number of anilines is 1. The van der Waals surface area contributed by atoms with Crippen LogP contribution in [0.15, 0.2) is 24.3 Å². The van der Waals surface area contributed by atoms with Crippen LogP contribution in [0.4, 0.5) is 14.9 Å². The quantitative estimate of drug-likeness (QED) is 0.801. The summed E-state index contributed by atoms with van der Waals surface area (Å²) in [7, 11) is 0. The number of amides is 2. The van der Waals surface area contributed by atoms with Gasteiger partial charge in [-0.1, -0.05) is 12.1 Å². The molecule has 1 N–H and O–H groups in total. The van der Waals surface area contributed by atoms with Crippen molar-refractivity contribution in [2.75, 3.05) is 77.1 Å². The van der Waals surface area contributed by atoms with Crippen LogP contribution in [0.25, 0.3) is 0 Å². The van der Waals surface area contributed by atoms with Crippen molar-refractivity contribution < 1.29 is 18.7 Å². The third-order valence-corrected chi connectivity index (χ3v) is 6.25. The van der Waals surface area contributed by atoms with Crippen molar-refractivity contribution in [2.24, 2.45) is 5.92 Å². The van der Waals surface area contributed by atoms with E-state index in [1.807, 2.05) is 15.9 Å². The van der Waals surface area contributed by atoms with Gasteiger partial charge >= 0.3 is 6.03 Å². The maximum Gasteiger partial charge on any atom is 0.317 e. The molecule has 8 heteroatoms. The number of morpholine rings is 1. The summed E-state index contributed by atoms with van der Waals surface area (Å²) >= 11 is 0. The van der Waals surface area contributed by atoms with Crippen molar-refractivity contribution >= 4 is 11.7 Å². The van der Waals surface area contributed by atoms with Crippen LogP contribution in [0.5, 0.6) is 0 Å². The number of urea groups is 1. The second-order valence-corrected chi connectivity index (χ2v) is 7.95. The van der Waals surface area contributed by atoms with E-state index in [-0.39, 0.29) is 17.9 Å². The zero-order valence-corrected chi connectivity index (χ0v) is 16.9. The molecule has 0 bridgehead atoms. The fourth-order valence-electron chi connectivity index (χ4n) is 4.52. The van der Waals surface area contributed by atoms with Gasteiger partial charge in [0, 0.05) is 64.4 Å². The molecule has 3 saturated heterocycles. The summed E-state index contributed by atoms with van der Waals surface area (Å²) < 4.78 is 25.1. The molecular weight excluding hydrogens is 375 g/mol. The molecule has 0 saturated carbocycles. The minimum absolute atomic E-state index is 0.0321. The summed E-state index contributed by atoms with van der Waals surface area (Å²) in [6, 6.07) is 7.06. The molecular formula is C21H31FN4O3. The van der Waals surface area contributed by atoms with E-state index in [4.69, 9.17) is 9.47 Å². The van der Waals surface area contributed by atoms with Crippen molar-refractivity contribution in [1.82, 2.24) is 15.1 Å². The van der Waals surface area contributed by atoms with Gasteiger partial charge in [0.15, 0.2) is 0 Å². The molecule has 4 rings (SSSR count). The number of hydrogen-bond donors (Lipinski definition) is 1. The van der Waals surface area contributed by atoms with Crippen molar-refractivity contribution in [3.05, 3.63) is 30.1 Å². The number of para-hydroxylation sites is 1. The van der Waals surface area contributed by atoms with Gasteiger partial charge in [0.2, 0.25) is 0 Å². The number of nitrogens with one attached hydrogen (secondary N) is 1. The Morgan fingerprint density at radius 1 is 1.07 bits per heavy atom. The van der Waals surface area contributed by atoms with Crippen LogP contribution >= 0.6 is 0 Å². The van der Waals surface area contributed by atoms with Gasteiger partial charge in [0.1, 0.15) is 5.82 Å². The molecule has 0 aliphatic carbocycles. The van der Waals surface area contributed by atoms with Crippen molar-refractivity contribution in [2.45, 2.75) is 12.5 Å². The first-order chi connectivity index (χ1) is 14.2. The molecule has 0 spiro atoms. The predicted molar refractivity (Wildman–Crippen MR) is 109 cm³/mol. The fourth-order valence-corrected chi connectivity index (χ4v) is 4.52. The summed E-state index contributed by atoms with van der Waals surface area (Å²) in [5.41, 5.74) is 0.612. The van der Waals surface area contributed by atoms with Crippen molar-refractivity contribution in [3.8, 4) is 0 Å². The van der Waals surface area contributed by atoms with Crippen LogP contribution in [0, 0.1) is 11.7 Å². The van der Waals surface area contributed by atoms with Gasteiger partial charge in [-0.05, 0) is 18.6 Å². The Balaban J connectivity index is 1.29. The van der Waals surface area contributed by atoms with E-state index in [0.717, 1.165) is 45.9 Å². The SMILES string of the molecule is O=C(NCC(C1CCOC1)N1CCOCC1)N1CCN(c2ccccc2F)CC1. The van der Waals surface area contributed by atoms with Crippen LogP contribution in [0.2, 0.25) is 0 Å². The molecule has 0 radical (unpaired) electrons. The van der Waals surface area contributed by atoms with Crippen LogP contribution < -0.4 is 10.2 Å². The highest BCUT2D eigenvalue weighted by molar-refractivity contribution is 5.74. The van der Waals surface area contributed by atoms with E-state index >= 15 is 0 Å². The molecule has 7 nitrogen and oxygen atoms in total. The maximum atomic E-state index is 14.0. The Morgan fingerprint density at radius 2 is 1.83 bits per heavy atom. The molecule has 3 fully saturated rings. The van der Waals surface area contributed by atoms with Gasteiger partial charge in [-0.2, -0.15) is 0 Å². The van der Waals surface area contributed by atoms with Crippen molar-refractivity contribution in [1.29, 1.82) is 0 Å². The number of halogens is 1. The molecule has 2 atom stereocenters. The topological polar surface area (TPSA) is 57.3 Å². The standard InChI is InChI=1S/C21H31FN4O3/c22-18-3-1-2-4-19(18)24-6-8-26(9-7-24)21(27)23-15-20(17-5-12-29-16-17)25-10-13-28-14-11-25/h1-4,17,20H,5-16H2,(H,23,27). The number of carbonyl (C=O) groups excluding carboxylic acids is 1. The average molecular weight is 407 g/mol. The third-order valence-electron chi connectivity index (χ3n) is 6.25. The highest BCUT2D eigenvalue weighted by Gasteiger charge is 2.32. The number of ether oxygens (including phenoxy) is 2. The van der Waals surface area contributed by atoms with E-state index in [2.05, 4.69) is 10.2 Å². The van der Waals surface area contributed by atoms with Gasteiger partial charge < -0.3 is 24.6 Å². The number of nitrogens with zero attached hydrogens (tertiary/aromatic N) is 3. The van der Waals surface area contributed by atoms with Gasteiger partial charge in [0.25, 0.3) is 0 Å². The molecule has 1 aromatic carbocycles. The molecule has 29 heavy (non-hydrogen) atoms. The van der Waals surface area contributed by atoms with E-state index in [9.17, 15) is 9.18 Å². The summed E-state index contributed by atoms with van der Waals surface area (Å²) in [6.45, 7) is 7.94. The minimum atomic E-state index is -0.211. The number of rotatable bonds is 5. The van der Waals surface area contributed by atoms with E-state index in [1.54, 1.807) is 12.1 Å². The molecule has 3 aliphatic rings. The van der Waals surface area contributed by atoms with Crippen LogP contribution in [-0.4, -0.2) is 94.1 Å². The minimum Gasteiger partial charge on any atom is -0.381 e. The lowest BCUT2D eigenvalue weighted by molar-refractivity contribution is 0.00185. The van der Waals surface area contributed by atoms with Gasteiger partial charge in [-0.25, -0.2) is 9.18 Å². The van der Waals surface area contributed by atoms with Crippen LogP contribution in [0.1, 0.15) is 6.42 Å². The number of hydrogen-bond acceptors (Lipinski definition) is 5. The fraction of sp³-hybridized carbons (Fsp3) is 0.667. The van der Waals surface area contributed by atoms with Gasteiger partial charge in [-0.3, -0.25) is 4.90 Å². The second-order valence-electron chi connectivity index (χ2n) is 7.95. The zero-order chi connectivity index (χ0) is 20.1. The first-order valence-electron chi connectivity index (χ1n) is 10.6. The normalized spacial score (nSPS) is 24.5. The second kappa shape index (κ2) is 9.73. The lowest BCUT2D eigenvalue weighted by Gasteiger charge is -2.39.